The quantitative estimate of drug-likeness (QED) is 0.587. The van der Waals surface area contributed by atoms with Crippen molar-refractivity contribution in [3.05, 3.63) is 0 Å². The van der Waals surface area contributed by atoms with Crippen LogP contribution in [0, 0.1) is 0 Å². The topological polar surface area (TPSA) is 24.8 Å². The molecule has 0 N–H and O–H groups in total. The molecule has 0 radical (unpaired) electrons. The summed E-state index contributed by atoms with van der Waals surface area (Å²) in [5.41, 5.74) is 1.20. The van der Waals surface area contributed by atoms with E-state index in [-0.39, 0.29) is 0 Å². The van der Waals surface area contributed by atoms with Crippen LogP contribution in [0.15, 0.2) is 5.16 Å². The van der Waals surface area contributed by atoms with Crippen molar-refractivity contribution in [3.8, 4) is 0 Å². The Balaban J connectivity index is 2.34. The maximum atomic E-state index is 4.75. The smallest absolute Gasteiger partial charge is 0.106 e. The molecule has 0 spiro atoms. The first-order chi connectivity index (χ1) is 5.74. The van der Waals surface area contributed by atoms with E-state index in [1.807, 2.05) is 0 Å². The van der Waals surface area contributed by atoms with Crippen LogP contribution in [0.3, 0.4) is 0 Å². The van der Waals surface area contributed by atoms with Crippen LogP contribution in [0.25, 0.3) is 0 Å². The van der Waals surface area contributed by atoms with Crippen molar-refractivity contribution in [2.45, 2.75) is 32.7 Å². The number of piperidine rings is 1. The fourth-order valence-corrected chi connectivity index (χ4v) is 1.52. The minimum absolute atomic E-state index is 0.661. The average molecular weight is 170 g/mol. The van der Waals surface area contributed by atoms with Crippen LogP contribution in [0.1, 0.15) is 26.7 Å². The monoisotopic (exact) mass is 170 g/mol. The third-order valence-electron chi connectivity index (χ3n) is 2.33. The van der Waals surface area contributed by atoms with Crippen molar-refractivity contribution in [2.24, 2.45) is 5.16 Å². The lowest BCUT2D eigenvalue weighted by atomic mass is 10.1. The van der Waals surface area contributed by atoms with Crippen molar-refractivity contribution in [1.82, 2.24) is 4.90 Å². The Labute approximate surface area is 74.4 Å². The zero-order valence-corrected chi connectivity index (χ0v) is 8.21. The van der Waals surface area contributed by atoms with Gasteiger partial charge < -0.3 is 9.74 Å². The van der Waals surface area contributed by atoms with Gasteiger partial charge in [-0.1, -0.05) is 5.16 Å². The first kappa shape index (κ1) is 9.52. The van der Waals surface area contributed by atoms with E-state index in [1.54, 1.807) is 7.11 Å². The summed E-state index contributed by atoms with van der Waals surface area (Å²) in [5.74, 6) is 0. The molecule has 1 saturated heterocycles. The maximum Gasteiger partial charge on any atom is 0.106 e. The molecule has 0 amide bonds. The Hall–Kier alpha value is -0.570. The second-order valence-electron chi connectivity index (χ2n) is 3.47. The van der Waals surface area contributed by atoms with Crippen LogP contribution < -0.4 is 0 Å². The molecule has 0 aromatic carbocycles. The molecule has 0 bridgehead atoms. The molecule has 0 unspecified atom stereocenters. The van der Waals surface area contributed by atoms with Gasteiger partial charge in [-0.3, -0.25) is 0 Å². The van der Waals surface area contributed by atoms with E-state index in [4.69, 9.17) is 4.84 Å². The van der Waals surface area contributed by atoms with Crippen LogP contribution in [-0.4, -0.2) is 36.9 Å². The summed E-state index contributed by atoms with van der Waals surface area (Å²) in [7, 11) is 1.61. The van der Waals surface area contributed by atoms with Crippen molar-refractivity contribution >= 4 is 5.71 Å². The van der Waals surface area contributed by atoms with Gasteiger partial charge in [-0.2, -0.15) is 0 Å². The van der Waals surface area contributed by atoms with Gasteiger partial charge in [-0.25, -0.2) is 0 Å². The Bertz CT molecular complexity index is 156. The molecule has 3 nitrogen and oxygen atoms in total. The second-order valence-corrected chi connectivity index (χ2v) is 3.47. The second kappa shape index (κ2) is 4.45. The molecule has 1 aliphatic rings. The molecule has 70 valence electrons. The van der Waals surface area contributed by atoms with Crippen molar-refractivity contribution in [2.75, 3.05) is 20.2 Å². The summed E-state index contributed by atoms with van der Waals surface area (Å²) in [6.45, 7) is 6.72. The van der Waals surface area contributed by atoms with E-state index >= 15 is 0 Å². The fraction of sp³-hybridized carbons (Fsp3) is 0.889. The zero-order chi connectivity index (χ0) is 8.97. The van der Waals surface area contributed by atoms with Crippen LogP contribution in [0.2, 0.25) is 0 Å². The largest absolute Gasteiger partial charge is 0.399 e. The molecule has 3 heteroatoms. The highest BCUT2D eigenvalue weighted by molar-refractivity contribution is 5.84. The van der Waals surface area contributed by atoms with Crippen LogP contribution >= 0.6 is 0 Å². The molecular weight excluding hydrogens is 152 g/mol. The molecule has 1 heterocycles. The molecular formula is C9H18N2O. The molecule has 0 aliphatic carbocycles. The van der Waals surface area contributed by atoms with Crippen LogP contribution in [0.5, 0.6) is 0 Å². The minimum atomic E-state index is 0.661. The van der Waals surface area contributed by atoms with Gasteiger partial charge in [-0.05, 0) is 13.8 Å². The first-order valence-electron chi connectivity index (χ1n) is 4.57. The highest BCUT2D eigenvalue weighted by Gasteiger charge is 2.16. The molecule has 0 aromatic rings. The lowest BCUT2D eigenvalue weighted by Gasteiger charge is -2.30. The number of hydrogen-bond donors (Lipinski definition) is 0. The van der Waals surface area contributed by atoms with E-state index in [0.717, 1.165) is 25.9 Å². The normalized spacial score (nSPS) is 19.8. The summed E-state index contributed by atoms with van der Waals surface area (Å²) in [5, 5.41) is 3.97. The predicted octanol–water partition coefficient (Wildman–Crippen LogP) is 1.49. The van der Waals surface area contributed by atoms with Gasteiger partial charge in [0.25, 0.3) is 0 Å². The molecule has 1 rings (SSSR count). The van der Waals surface area contributed by atoms with Crippen molar-refractivity contribution in [1.29, 1.82) is 0 Å². The summed E-state index contributed by atoms with van der Waals surface area (Å²) in [6, 6.07) is 0.661. The molecule has 0 aromatic heterocycles. The molecule has 1 fully saturated rings. The van der Waals surface area contributed by atoms with Crippen LogP contribution in [-0.2, 0) is 4.84 Å². The van der Waals surface area contributed by atoms with Gasteiger partial charge in [0.2, 0.25) is 0 Å². The fourth-order valence-electron chi connectivity index (χ4n) is 1.52. The van der Waals surface area contributed by atoms with E-state index in [1.165, 1.54) is 5.71 Å². The Morgan fingerprint density at radius 3 is 2.33 bits per heavy atom. The van der Waals surface area contributed by atoms with Gasteiger partial charge >= 0.3 is 0 Å². The molecule has 1 aliphatic heterocycles. The lowest BCUT2D eigenvalue weighted by molar-refractivity contribution is 0.196. The number of rotatable bonds is 2. The van der Waals surface area contributed by atoms with E-state index in [0.29, 0.717) is 6.04 Å². The van der Waals surface area contributed by atoms with Crippen molar-refractivity contribution in [3.63, 3.8) is 0 Å². The Kier molecular flexibility index (Phi) is 3.53. The summed E-state index contributed by atoms with van der Waals surface area (Å²) < 4.78 is 0. The highest BCUT2D eigenvalue weighted by atomic mass is 16.6. The van der Waals surface area contributed by atoms with E-state index in [2.05, 4.69) is 23.9 Å². The molecule has 0 atom stereocenters. The van der Waals surface area contributed by atoms with Crippen molar-refractivity contribution < 1.29 is 4.84 Å². The third-order valence-corrected chi connectivity index (χ3v) is 2.33. The Morgan fingerprint density at radius 2 is 1.92 bits per heavy atom. The Morgan fingerprint density at radius 1 is 1.33 bits per heavy atom. The van der Waals surface area contributed by atoms with E-state index in [9.17, 15) is 0 Å². The minimum Gasteiger partial charge on any atom is -0.399 e. The number of hydrogen-bond acceptors (Lipinski definition) is 3. The SMILES string of the molecule is CON=C1CCN(C(C)C)CC1. The lowest BCUT2D eigenvalue weighted by Crippen LogP contribution is -2.38. The number of oxime groups is 1. The number of likely N-dealkylation sites (tertiary alicyclic amines) is 1. The predicted molar refractivity (Wildman–Crippen MR) is 50.4 cm³/mol. The summed E-state index contributed by atoms with van der Waals surface area (Å²) >= 11 is 0. The van der Waals surface area contributed by atoms with Gasteiger partial charge in [0.1, 0.15) is 7.11 Å². The van der Waals surface area contributed by atoms with Gasteiger partial charge in [0.05, 0.1) is 5.71 Å². The average Bonchev–Trinajstić information content (AvgIpc) is 2.06. The standard InChI is InChI=1S/C9H18N2O/c1-8(2)11-6-4-9(5-7-11)10-12-3/h8H,4-7H2,1-3H3. The number of nitrogens with zero attached hydrogens (tertiary/aromatic N) is 2. The van der Waals surface area contributed by atoms with Gasteiger partial charge in [0.15, 0.2) is 0 Å². The first-order valence-corrected chi connectivity index (χ1v) is 4.57. The summed E-state index contributed by atoms with van der Waals surface area (Å²) in [4.78, 5) is 7.21. The third kappa shape index (κ3) is 2.48. The summed E-state index contributed by atoms with van der Waals surface area (Å²) in [6.07, 6.45) is 2.12. The molecule has 12 heavy (non-hydrogen) atoms. The highest BCUT2D eigenvalue weighted by Crippen LogP contribution is 2.10. The maximum absolute atomic E-state index is 4.75. The van der Waals surface area contributed by atoms with E-state index < -0.39 is 0 Å². The van der Waals surface area contributed by atoms with Crippen LogP contribution in [0.4, 0.5) is 0 Å². The van der Waals surface area contributed by atoms with Gasteiger partial charge in [-0.15, -0.1) is 0 Å². The van der Waals surface area contributed by atoms with Gasteiger partial charge in [0, 0.05) is 32.0 Å². The molecule has 0 saturated carbocycles. The zero-order valence-electron chi connectivity index (χ0n) is 8.21.